The summed E-state index contributed by atoms with van der Waals surface area (Å²) >= 11 is 0. The van der Waals surface area contributed by atoms with Crippen molar-refractivity contribution in [1.29, 1.82) is 0 Å². The first-order chi connectivity index (χ1) is 27.5. The minimum atomic E-state index is -0.444. The van der Waals surface area contributed by atoms with Gasteiger partial charge in [0.15, 0.2) is 0 Å². The zero-order chi connectivity index (χ0) is 40.1. The molecule has 0 unspecified atom stereocenters. The largest absolute Gasteiger partial charge is 0.497 e. The number of fused-ring (bicyclic) bond motifs is 1. The van der Waals surface area contributed by atoms with Gasteiger partial charge in [0.05, 0.1) is 65.9 Å². The predicted octanol–water partition coefficient (Wildman–Crippen LogP) is 4.61. The number of nitrogens with zero attached hydrogens (tertiary/aromatic N) is 9. The molecule has 0 bridgehead atoms. The number of piperidine rings is 1. The number of amides is 3. The van der Waals surface area contributed by atoms with Crippen LogP contribution < -0.4 is 29.5 Å². The van der Waals surface area contributed by atoms with Crippen LogP contribution in [-0.4, -0.2) is 129 Å². The van der Waals surface area contributed by atoms with Gasteiger partial charge in [-0.05, 0) is 48.1 Å². The molecule has 3 amide bonds. The lowest BCUT2D eigenvalue weighted by atomic mass is 10.0. The van der Waals surface area contributed by atoms with Crippen molar-refractivity contribution in [2.75, 3.05) is 101 Å². The Morgan fingerprint density at radius 2 is 1.74 bits per heavy atom. The molecule has 0 atom stereocenters. The van der Waals surface area contributed by atoms with E-state index in [9.17, 15) is 19.7 Å². The second-order valence-corrected chi connectivity index (χ2v) is 15.1. The number of carbonyl (C=O) groups excluding carboxylic acids is 2. The number of benzene rings is 2. The Labute approximate surface area is 331 Å². The smallest absolute Gasteiger partial charge is 0.368 e. The molecule has 5 heterocycles. The molecule has 17 heteroatoms. The standard InChI is InChI=1S/C40H49N10O7/c1-50(2,27-28-11-14-41-37(28)49(53)54)19-5-6-36(51)46-15-12-32(13-16-46)48-38-29(26-47(40(48)52)33-22-34(55-3)24-35(23-33)56-4)25-42-39(44-38)43-30-7-9-31(10-8-30)45-17-20-57-21-18-45/h5-10,14,22-25,32H,11-13,15-21,26-27H2,1-4H3,(H,42,43,44)/q+1/b6-5+. The Morgan fingerprint density at radius 1 is 1.04 bits per heavy atom. The van der Waals surface area contributed by atoms with Crippen molar-refractivity contribution < 1.29 is 33.2 Å². The average molecular weight is 782 g/mol. The summed E-state index contributed by atoms with van der Waals surface area (Å²) in [6.07, 6.45) is 8.25. The molecule has 300 valence electrons. The van der Waals surface area contributed by atoms with E-state index in [0.29, 0.717) is 97.7 Å². The molecule has 4 aliphatic rings. The first-order valence-electron chi connectivity index (χ1n) is 19.1. The van der Waals surface area contributed by atoms with E-state index >= 15 is 0 Å². The highest BCUT2D eigenvalue weighted by Crippen LogP contribution is 2.37. The Morgan fingerprint density at radius 3 is 2.40 bits per heavy atom. The number of nitro groups is 1. The summed E-state index contributed by atoms with van der Waals surface area (Å²) in [7, 11) is 7.07. The van der Waals surface area contributed by atoms with Crippen LogP contribution in [0.1, 0.15) is 24.8 Å². The number of likely N-dealkylation sites (N-methyl/N-ethyl adjacent to an activating group) is 1. The maximum Gasteiger partial charge on any atom is 0.368 e. The Bertz CT molecular complexity index is 2050. The van der Waals surface area contributed by atoms with Crippen LogP contribution in [0.3, 0.4) is 0 Å². The normalized spacial score (nSPS) is 17.7. The molecule has 17 nitrogen and oxygen atoms in total. The maximum atomic E-state index is 14.6. The van der Waals surface area contributed by atoms with E-state index in [1.807, 2.05) is 32.3 Å². The van der Waals surface area contributed by atoms with Gasteiger partial charge in [-0.25, -0.2) is 9.78 Å². The molecule has 3 aromatic rings. The molecule has 2 fully saturated rings. The van der Waals surface area contributed by atoms with E-state index < -0.39 is 4.92 Å². The molecular formula is C40H49N10O7+. The van der Waals surface area contributed by atoms with Gasteiger partial charge in [-0.3, -0.25) is 14.6 Å². The van der Waals surface area contributed by atoms with Crippen LogP contribution in [0.4, 0.5) is 33.6 Å². The second-order valence-electron chi connectivity index (χ2n) is 15.1. The fourth-order valence-electron chi connectivity index (χ4n) is 7.63. The minimum Gasteiger partial charge on any atom is -0.497 e. The third-order valence-electron chi connectivity index (χ3n) is 10.6. The van der Waals surface area contributed by atoms with Gasteiger partial charge < -0.3 is 43.9 Å². The molecule has 1 N–H and O–H groups in total. The van der Waals surface area contributed by atoms with Crippen molar-refractivity contribution in [2.45, 2.75) is 31.8 Å². The van der Waals surface area contributed by atoms with E-state index in [-0.39, 0.29) is 30.3 Å². The molecule has 4 aliphatic heterocycles. The number of anilines is 5. The molecule has 7 rings (SSSR count). The third-order valence-corrected chi connectivity index (χ3v) is 10.6. The quantitative estimate of drug-likeness (QED) is 0.111. The van der Waals surface area contributed by atoms with E-state index in [1.54, 1.807) is 65.6 Å². The molecule has 1 aromatic heterocycles. The van der Waals surface area contributed by atoms with Gasteiger partial charge in [-0.2, -0.15) is 4.98 Å². The van der Waals surface area contributed by atoms with Crippen molar-refractivity contribution >= 4 is 47.0 Å². The van der Waals surface area contributed by atoms with Gasteiger partial charge in [0, 0.05) is 86.1 Å². The fraction of sp³-hybridized carbons (Fsp3) is 0.425. The number of urea groups is 1. The summed E-state index contributed by atoms with van der Waals surface area (Å²) in [6, 6.07) is 13.0. The number of hydrogen-bond donors (Lipinski definition) is 1. The topological polar surface area (TPSA) is 168 Å². The van der Waals surface area contributed by atoms with Gasteiger partial charge in [0.25, 0.3) is 0 Å². The lowest BCUT2D eigenvalue weighted by Gasteiger charge is -2.43. The summed E-state index contributed by atoms with van der Waals surface area (Å²) in [4.78, 5) is 59.9. The maximum absolute atomic E-state index is 14.6. The van der Waals surface area contributed by atoms with Gasteiger partial charge in [0.2, 0.25) is 11.9 Å². The molecule has 0 spiro atoms. The summed E-state index contributed by atoms with van der Waals surface area (Å²) in [5.74, 6) is 1.80. The second kappa shape index (κ2) is 17.0. The number of nitrogens with one attached hydrogen (secondary N) is 1. The van der Waals surface area contributed by atoms with Crippen molar-refractivity contribution in [1.82, 2.24) is 14.9 Å². The highest BCUT2D eigenvalue weighted by molar-refractivity contribution is 6.06. The number of methoxy groups -OCH3 is 2. The van der Waals surface area contributed by atoms with E-state index in [1.165, 1.54) is 0 Å². The first kappa shape index (κ1) is 39.2. The molecule has 2 aromatic carbocycles. The van der Waals surface area contributed by atoms with Crippen molar-refractivity contribution in [3.8, 4) is 11.5 Å². The summed E-state index contributed by atoms with van der Waals surface area (Å²) < 4.78 is 17.0. The number of morpholine rings is 1. The summed E-state index contributed by atoms with van der Waals surface area (Å²) in [5, 5.41) is 14.7. The lowest BCUT2D eigenvalue weighted by molar-refractivity contribution is -0.880. The Balaban J connectivity index is 1.07. The van der Waals surface area contributed by atoms with Crippen LogP contribution in [0.2, 0.25) is 0 Å². The zero-order valence-corrected chi connectivity index (χ0v) is 32.8. The van der Waals surface area contributed by atoms with Crippen LogP contribution in [0, 0.1) is 10.1 Å². The third kappa shape index (κ3) is 8.99. The highest BCUT2D eigenvalue weighted by atomic mass is 16.6. The number of aliphatic imine (C=N–C) groups is 1. The van der Waals surface area contributed by atoms with Crippen LogP contribution in [-0.2, 0) is 16.1 Å². The highest BCUT2D eigenvalue weighted by Gasteiger charge is 2.39. The predicted molar refractivity (Wildman–Crippen MR) is 216 cm³/mol. The van der Waals surface area contributed by atoms with Crippen LogP contribution in [0.25, 0.3) is 0 Å². The van der Waals surface area contributed by atoms with E-state index in [0.717, 1.165) is 30.0 Å². The Hall–Kier alpha value is -6.07. The zero-order valence-electron chi connectivity index (χ0n) is 32.8. The lowest BCUT2D eigenvalue weighted by Crippen LogP contribution is -2.55. The molecular weight excluding hydrogens is 733 g/mol. The van der Waals surface area contributed by atoms with Gasteiger partial charge in [0.1, 0.15) is 30.1 Å². The van der Waals surface area contributed by atoms with Gasteiger partial charge in [-0.15, -0.1) is 0 Å². The fourth-order valence-corrected chi connectivity index (χ4v) is 7.63. The summed E-state index contributed by atoms with van der Waals surface area (Å²) in [5.41, 5.74) is 4.00. The van der Waals surface area contributed by atoms with E-state index in [2.05, 4.69) is 32.3 Å². The minimum absolute atomic E-state index is 0.0846. The summed E-state index contributed by atoms with van der Waals surface area (Å²) in [6.45, 7) is 5.19. The number of hydrogen-bond acceptors (Lipinski definition) is 12. The number of carbonyl (C=O) groups is 2. The number of quaternary nitrogens is 1. The van der Waals surface area contributed by atoms with Gasteiger partial charge in [-0.1, -0.05) is 4.99 Å². The number of likely N-dealkylation sites (tertiary alicyclic amines) is 1. The molecule has 0 aliphatic carbocycles. The number of rotatable bonds is 13. The molecule has 0 radical (unpaired) electrons. The average Bonchev–Trinajstić information content (AvgIpc) is 3.68. The van der Waals surface area contributed by atoms with Crippen molar-refractivity contribution in [3.05, 3.63) is 87.9 Å². The molecule has 2 saturated heterocycles. The Kier molecular flexibility index (Phi) is 11.7. The van der Waals surface area contributed by atoms with Crippen LogP contribution in [0.5, 0.6) is 11.5 Å². The SMILES string of the molecule is COc1cc(OC)cc(N2Cc3cnc(Nc4ccc(N5CCOCC5)cc4)nc3N(C3CCN(C(=O)/C=C/C[N+](C)(C)CC4=C([N+](=O)[O-])N=CC4)CC3)C2=O)c1. The monoisotopic (exact) mass is 781 g/mol. The van der Waals surface area contributed by atoms with Crippen LogP contribution in [0.15, 0.2) is 77.2 Å². The molecule has 0 saturated carbocycles. The number of aromatic nitrogens is 2. The van der Waals surface area contributed by atoms with Crippen LogP contribution >= 0.6 is 0 Å². The van der Waals surface area contributed by atoms with Crippen molar-refractivity contribution in [2.24, 2.45) is 4.99 Å². The van der Waals surface area contributed by atoms with Crippen molar-refractivity contribution in [3.63, 3.8) is 0 Å². The number of ether oxygens (including phenoxy) is 3. The first-order valence-corrected chi connectivity index (χ1v) is 19.1. The van der Waals surface area contributed by atoms with Gasteiger partial charge >= 0.3 is 11.9 Å². The molecule has 57 heavy (non-hydrogen) atoms. The van der Waals surface area contributed by atoms with E-state index in [4.69, 9.17) is 19.2 Å².